The van der Waals surface area contributed by atoms with Crippen molar-refractivity contribution in [1.82, 2.24) is 10.3 Å². The number of aromatic nitrogens is 1. The molecule has 6 nitrogen and oxygen atoms in total. The van der Waals surface area contributed by atoms with E-state index in [1.54, 1.807) is 43.5 Å². The quantitative estimate of drug-likeness (QED) is 0.291. The van der Waals surface area contributed by atoms with E-state index in [0.717, 1.165) is 20.3 Å². The van der Waals surface area contributed by atoms with Crippen LogP contribution in [0, 0.1) is 0 Å². The molecular formula is C22H15Br2N3O3S. The zero-order valence-electron chi connectivity index (χ0n) is 16.1. The topological polar surface area (TPSA) is 76.4 Å². The zero-order chi connectivity index (χ0) is 22.0. The van der Waals surface area contributed by atoms with E-state index in [-0.39, 0.29) is 11.0 Å². The van der Waals surface area contributed by atoms with Crippen molar-refractivity contribution in [3.05, 3.63) is 75.2 Å². The third-order valence-corrected chi connectivity index (χ3v) is 5.68. The molecular weight excluding hydrogens is 546 g/mol. The van der Waals surface area contributed by atoms with Crippen LogP contribution in [0.2, 0.25) is 0 Å². The molecule has 0 unspecified atom stereocenters. The molecule has 2 N–H and O–H groups in total. The highest BCUT2D eigenvalue weighted by Crippen LogP contribution is 2.32. The molecule has 0 radical (unpaired) electrons. The summed E-state index contributed by atoms with van der Waals surface area (Å²) in [4.78, 5) is 16.9. The number of fused-ring (bicyclic) bond motifs is 1. The van der Waals surface area contributed by atoms with Gasteiger partial charge in [0, 0.05) is 21.3 Å². The highest BCUT2D eigenvalue weighted by atomic mass is 79.9. The number of benzene rings is 3. The van der Waals surface area contributed by atoms with E-state index in [1.165, 1.54) is 0 Å². The van der Waals surface area contributed by atoms with Gasteiger partial charge in [-0.15, -0.1) is 0 Å². The number of rotatable bonds is 4. The molecule has 9 heteroatoms. The van der Waals surface area contributed by atoms with Gasteiger partial charge in [-0.05, 0) is 82.7 Å². The Morgan fingerprint density at radius 3 is 2.68 bits per heavy atom. The van der Waals surface area contributed by atoms with Crippen molar-refractivity contribution in [2.45, 2.75) is 0 Å². The highest BCUT2D eigenvalue weighted by molar-refractivity contribution is 9.10. The number of hydrogen-bond acceptors (Lipinski definition) is 5. The van der Waals surface area contributed by atoms with Gasteiger partial charge in [0.15, 0.2) is 10.7 Å². The van der Waals surface area contributed by atoms with E-state index in [9.17, 15) is 4.79 Å². The number of methoxy groups -OCH3 is 1. The minimum absolute atomic E-state index is 0.187. The maximum absolute atomic E-state index is 12.3. The Kier molecular flexibility index (Phi) is 6.35. The number of nitrogens with one attached hydrogen (secondary N) is 2. The number of nitrogens with zero attached hydrogens (tertiary/aromatic N) is 1. The van der Waals surface area contributed by atoms with Gasteiger partial charge in [-0.3, -0.25) is 10.1 Å². The molecule has 1 aromatic heterocycles. The standard InChI is InChI=1S/C22H15Br2N3O3S/c1-29-18-7-5-13(10-16(18)24)21-26-17-11-15(6-8-19(17)30-21)25-22(31)27-20(28)12-3-2-4-14(23)9-12/h2-11H,1H3,(H2,25,27,28,31). The lowest BCUT2D eigenvalue weighted by Gasteiger charge is -2.09. The van der Waals surface area contributed by atoms with E-state index in [2.05, 4.69) is 47.5 Å². The van der Waals surface area contributed by atoms with Gasteiger partial charge in [-0.1, -0.05) is 22.0 Å². The Morgan fingerprint density at radius 2 is 1.94 bits per heavy atom. The average Bonchev–Trinajstić information content (AvgIpc) is 3.17. The number of carbonyl (C=O) groups excluding carboxylic acids is 1. The summed E-state index contributed by atoms with van der Waals surface area (Å²) in [7, 11) is 1.61. The van der Waals surface area contributed by atoms with Crippen LogP contribution < -0.4 is 15.4 Å². The summed E-state index contributed by atoms with van der Waals surface area (Å²) in [6.07, 6.45) is 0. The maximum Gasteiger partial charge on any atom is 0.257 e. The predicted octanol–water partition coefficient (Wildman–Crippen LogP) is 6.16. The molecule has 1 heterocycles. The largest absolute Gasteiger partial charge is 0.496 e. The number of thiocarbonyl (C=S) groups is 1. The molecule has 4 aromatic rings. The molecule has 0 aliphatic rings. The Hall–Kier alpha value is -2.75. The van der Waals surface area contributed by atoms with Crippen molar-refractivity contribution in [2.75, 3.05) is 12.4 Å². The second-order valence-electron chi connectivity index (χ2n) is 6.47. The van der Waals surface area contributed by atoms with Crippen LogP contribution in [0.25, 0.3) is 22.6 Å². The first-order valence-electron chi connectivity index (χ1n) is 9.05. The van der Waals surface area contributed by atoms with E-state index >= 15 is 0 Å². The Balaban J connectivity index is 1.49. The predicted molar refractivity (Wildman–Crippen MR) is 132 cm³/mol. The molecule has 0 saturated heterocycles. The van der Waals surface area contributed by atoms with Crippen LogP contribution >= 0.6 is 44.1 Å². The first-order valence-corrected chi connectivity index (χ1v) is 11.0. The fourth-order valence-corrected chi connectivity index (χ4v) is 4.05. The van der Waals surface area contributed by atoms with Crippen LogP contribution in [0.1, 0.15) is 10.4 Å². The summed E-state index contributed by atoms with van der Waals surface area (Å²) in [5, 5.41) is 5.86. The maximum atomic E-state index is 12.3. The van der Waals surface area contributed by atoms with E-state index in [0.29, 0.717) is 28.2 Å². The minimum Gasteiger partial charge on any atom is -0.496 e. The molecule has 3 aromatic carbocycles. The van der Waals surface area contributed by atoms with Crippen molar-refractivity contribution in [1.29, 1.82) is 0 Å². The third-order valence-electron chi connectivity index (χ3n) is 4.36. The lowest BCUT2D eigenvalue weighted by molar-refractivity contribution is 0.0977. The molecule has 156 valence electrons. The van der Waals surface area contributed by atoms with Crippen molar-refractivity contribution in [3.63, 3.8) is 0 Å². The van der Waals surface area contributed by atoms with Crippen molar-refractivity contribution in [2.24, 2.45) is 0 Å². The van der Waals surface area contributed by atoms with Gasteiger partial charge in [-0.25, -0.2) is 4.98 Å². The molecule has 0 aliphatic heterocycles. The van der Waals surface area contributed by atoms with Gasteiger partial charge in [0.25, 0.3) is 5.91 Å². The lowest BCUT2D eigenvalue weighted by Crippen LogP contribution is -2.34. The monoisotopic (exact) mass is 559 g/mol. The summed E-state index contributed by atoms with van der Waals surface area (Å²) in [6, 6.07) is 18.1. The van der Waals surface area contributed by atoms with Crippen LogP contribution in [0.3, 0.4) is 0 Å². The van der Waals surface area contributed by atoms with Gasteiger partial charge in [0.2, 0.25) is 5.89 Å². The summed E-state index contributed by atoms with van der Waals surface area (Å²) < 4.78 is 12.8. The smallest absolute Gasteiger partial charge is 0.257 e. The average molecular weight is 561 g/mol. The van der Waals surface area contributed by atoms with Crippen molar-refractivity contribution in [3.8, 4) is 17.2 Å². The Labute approximate surface area is 200 Å². The lowest BCUT2D eigenvalue weighted by atomic mass is 10.2. The Bertz CT molecular complexity index is 1310. The summed E-state index contributed by atoms with van der Waals surface area (Å²) >= 11 is 12.1. The van der Waals surface area contributed by atoms with Crippen LogP contribution in [0.4, 0.5) is 5.69 Å². The molecule has 0 fully saturated rings. The Morgan fingerprint density at radius 1 is 1.10 bits per heavy atom. The number of hydrogen-bond donors (Lipinski definition) is 2. The fourth-order valence-electron chi connectivity index (χ4n) is 2.90. The van der Waals surface area contributed by atoms with Crippen LogP contribution in [0.15, 0.2) is 74.0 Å². The van der Waals surface area contributed by atoms with Crippen molar-refractivity contribution < 1.29 is 13.9 Å². The van der Waals surface area contributed by atoms with Crippen LogP contribution in [-0.2, 0) is 0 Å². The molecule has 31 heavy (non-hydrogen) atoms. The second-order valence-corrected chi connectivity index (χ2v) is 8.65. The fraction of sp³-hybridized carbons (Fsp3) is 0.0455. The molecule has 0 aliphatic carbocycles. The molecule has 1 amide bonds. The number of anilines is 1. The number of carbonyl (C=O) groups is 1. The number of oxazole rings is 1. The van der Waals surface area contributed by atoms with Crippen molar-refractivity contribution >= 4 is 71.9 Å². The molecule has 4 rings (SSSR count). The number of halogens is 2. The number of amides is 1. The van der Waals surface area contributed by atoms with E-state index < -0.39 is 0 Å². The normalized spacial score (nSPS) is 10.7. The molecule has 0 saturated carbocycles. The van der Waals surface area contributed by atoms with Crippen LogP contribution in [0.5, 0.6) is 5.75 Å². The molecule has 0 atom stereocenters. The first-order chi connectivity index (χ1) is 14.9. The summed E-state index contributed by atoms with van der Waals surface area (Å²) in [5.41, 5.74) is 3.29. The highest BCUT2D eigenvalue weighted by Gasteiger charge is 2.12. The van der Waals surface area contributed by atoms with Gasteiger partial charge in [0.05, 0.1) is 11.6 Å². The summed E-state index contributed by atoms with van der Waals surface area (Å²) in [6.45, 7) is 0. The first kappa shape index (κ1) is 21.5. The second kappa shape index (κ2) is 9.17. The van der Waals surface area contributed by atoms with Gasteiger partial charge >= 0.3 is 0 Å². The minimum atomic E-state index is -0.298. The van der Waals surface area contributed by atoms with E-state index in [4.69, 9.17) is 21.4 Å². The van der Waals surface area contributed by atoms with Gasteiger partial charge < -0.3 is 14.5 Å². The van der Waals surface area contributed by atoms with Gasteiger partial charge in [0.1, 0.15) is 11.3 Å². The molecule has 0 bridgehead atoms. The molecule has 0 spiro atoms. The van der Waals surface area contributed by atoms with E-state index in [1.807, 2.05) is 24.3 Å². The number of ether oxygens (including phenoxy) is 1. The third kappa shape index (κ3) is 4.95. The zero-order valence-corrected chi connectivity index (χ0v) is 20.1. The van der Waals surface area contributed by atoms with Gasteiger partial charge in [-0.2, -0.15) is 0 Å². The van der Waals surface area contributed by atoms with Crippen LogP contribution in [-0.4, -0.2) is 23.1 Å². The SMILES string of the molecule is COc1ccc(-c2nc3cc(NC(=S)NC(=O)c4cccc(Br)c4)ccc3o2)cc1Br. The summed E-state index contributed by atoms with van der Waals surface area (Å²) in [5.74, 6) is 0.916.